The Kier molecular flexibility index (Phi) is 6.11. The molecule has 0 aliphatic rings. The van der Waals surface area contributed by atoms with Gasteiger partial charge in [0.1, 0.15) is 0 Å². The van der Waals surface area contributed by atoms with E-state index >= 15 is 0 Å². The molecule has 8 heteroatoms. The molecule has 8 nitrogen and oxygen atoms in total. The van der Waals surface area contributed by atoms with Crippen LogP contribution in [0.5, 0.6) is 0 Å². The average molecular weight is 378 g/mol. The summed E-state index contributed by atoms with van der Waals surface area (Å²) >= 11 is 0. The summed E-state index contributed by atoms with van der Waals surface area (Å²) in [6.45, 7) is 1.24. The normalized spacial score (nSPS) is 10.5. The van der Waals surface area contributed by atoms with E-state index < -0.39 is 0 Å². The zero-order valence-electron chi connectivity index (χ0n) is 15.9. The third kappa shape index (κ3) is 4.79. The van der Waals surface area contributed by atoms with Gasteiger partial charge in [-0.2, -0.15) is 0 Å². The molecule has 3 rings (SSSR count). The quantitative estimate of drug-likeness (QED) is 0.634. The maximum absolute atomic E-state index is 12.4. The molecular formula is C20H22N6O2. The second-order valence-electron chi connectivity index (χ2n) is 6.49. The van der Waals surface area contributed by atoms with E-state index in [0.717, 1.165) is 12.0 Å². The summed E-state index contributed by atoms with van der Waals surface area (Å²) in [5, 5.41) is 10.5. The summed E-state index contributed by atoms with van der Waals surface area (Å²) in [6, 6.07) is 10.8. The van der Waals surface area contributed by atoms with Gasteiger partial charge >= 0.3 is 0 Å². The molecule has 0 aliphatic heterocycles. The van der Waals surface area contributed by atoms with Gasteiger partial charge < -0.3 is 10.2 Å². The first-order valence-corrected chi connectivity index (χ1v) is 8.95. The molecule has 0 spiro atoms. The lowest BCUT2D eigenvalue weighted by molar-refractivity contribution is 0.0827. The van der Waals surface area contributed by atoms with Gasteiger partial charge in [0.2, 0.25) is 0 Å². The second-order valence-corrected chi connectivity index (χ2v) is 6.49. The highest BCUT2D eigenvalue weighted by Gasteiger charge is 2.10. The summed E-state index contributed by atoms with van der Waals surface area (Å²) in [5.74, 6) is -0.238. The first-order chi connectivity index (χ1) is 13.5. The predicted octanol–water partition coefficient (Wildman–Crippen LogP) is 1.86. The van der Waals surface area contributed by atoms with Crippen LogP contribution in [0.1, 0.15) is 27.1 Å². The second kappa shape index (κ2) is 8.90. The predicted molar refractivity (Wildman–Crippen MR) is 105 cm³/mol. The summed E-state index contributed by atoms with van der Waals surface area (Å²) < 4.78 is 1.73. The molecule has 0 bridgehead atoms. The Morgan fingerprint density at radius 3 is 2.68 bits per heavy atom. The van der Waals surface area contributed by atoms with Crippen molar-refractivity contribution >= 4 is 11.8 Å². The van der Waals surface area contributed by atoms with Crippen LogP contribution in [-0.4, -0.2) is 57.3 Å². The zero-order valence-corrected chi connectivity index (χ0v) is 15.9. The molecule has 2 heterocycles. The highest BCUT2D eigenvalue weighted by molar-refractivity contribution is 5.95. The molecular weight excluding hydrogens is 356 g/mol. The molecule has 28 heavy (non-hydrogen) atoms. The third-order valence-corrected chi connectivity index (χ3v) is 4.16. The van der Waals surface area contributed by atoms with Crippen molar-refractivity contribution in [3.8, 4) is 11.3 Å². The summed E-state index contributed by atoms with van der Waals surface area (Å²) in [4.78, 5) is 30.2. The molecule has 1 aromatic carbocycles. The van der Waals surface area contributed by atoms with E-state index in [2.05, 4.69) is 20.6 Å². The van der Waals surface area contributed by atoms with Crippen molar-refractivity contribution < 1.29 is 9.59 Å². The number of hydrogen-bond acceptors (Lipinski definition) is 5. The highest BCUT2D eigenvalue weighted by Crippen LogP contribution is 2.19. The lowest BCUT2D eigenvalue weighted by atomic mass is 10.1. The van der Waals surface area contributed by atoms with Crippen LogP contribution in [0, 0.1) is 0 Å². The molecule has 1 N–H and O–H groups in total. The highest BCUT2D eigenvalue weighted by atomic mass is 16.2. The lowest BCUT2D eigenvalue weighted by Crippen LogP contribution is -2.25. The van der Waals surface area contributed by atoms with E-state index in [4.69, 9.17) is 0 Å². The molecule has 0 unspecified atom stereocenters. The lowest BCUT2D eigenvalue weighted by Gasteiger charge is -2.10. The standard InChI is InChI=1S/C20H22N6O2/c1-25(2)20(28)17-7-8-18(22-14-17)15-5-3-6-16(13-15)19(27)21-9-4-11-26-12-10-23-24-26/h3,5-8,10,12-14H,4,9,11H2,1-2H3,(H,21,27). The number of hydrogen-bond donors (Lipinski definition) is 1. The van der Waals surface area contributed by atoms with Crippen LogP contribution in [-0.2, 0) is 6.54 Å². The summed E-state index contributed by atoms with van der Waals surface area (Å²) in [5.41, 5.74) is 2.61. The van der Waals surface area contributed by atoms with Crippen molar-refractivity contribution in [2.24, 2.45) is 0 Å². The van der Waals surface area contributed by atoms with Gasteiger partial charge in [-0.05, 0) is 30.7 Å². The van der Waals surface area contributed by atoms with Crippen molar-refractivity contribution in [1.29, 1.82) is 0 Å². The third-order valence-electron chi connectivity index (χ3n) is 4.16. The Morgan fingerprint density at radius 2 is 2.00 bits per heavy atom. The molecule has 3 aromatic rings. The van der Waals surface area contributed by atoms with Crippen LogP contribution < -0.4 is 5.32 Å². The molecule has 0 saturated carbocycles. The van der Waals surface area contributed by atoms with Gasteiger partial charge in [-0.25, -0.2) is 0 Å². The van der Waals surface area contributed by atoms with E-state index in [9.17, 15) is 9.59 Å². The number of nitrogens with zero attached hydrogens (tertiary/aromatic N) is 5. The van der Waals surface area contributed by atoms with Crippen LogP contribution in [0.3, 0.4) is 0 Å². The van der Waals surface area contributed by atoms with Gasteiger partial charge in [0, 0.05) is 50.7 Å². The zero-order chi connectivity index (χ0) is 19.9. The minimum atomic E-state index is -0.139. The first kappa shape index (κ1) is 19.2. The van der Waals surface area contributed by atoms with Crippen LogP contribution in [0.2, 0.25) is 0 Å². The van der Waals surface area contributed by atoms with Gasteiger partial charge in [-0.1, -0.05) is 17.3 Å². The summed E-state index contributed by atoms with van der Waals surface area (Å²) in [6.07, 6.45) is 5.73. The number of aromatic nitrogens is 4. The molecule has 2 amide bonds. The fraction of sp³-hybridized carbons (Fsp3) is 0.250. The van der Waals surface area contributed by atoms with E-state index in [1.165, 1.54) is 4.90 Å². The molecule has 0 radical (unpaired) electrons. The Morgan fingerprint density at radius 1 is 1.14 bits per heavy atom. The average Bonchev–Trinajstić information content (AvgIpc) is 3.24. The number of amides is 2. The minimum absolute atomic E-state index is 0.0990. The summed E-state index contributed by atoms with van der Waals surface area (Å²) in [7, 11) is 3.40. The Bertz CT molecular complexity index is 936. The van der Waals surface area contributed by atoms with E-state index in [0.29, 0.717) is 29.9 Å². The topological polar surface area (TPSA) is 93.0 Å². The first-order valence-electron chi connectivity index (χ1n) is 8.95. The van der Waals surface area contributed by atoms with Crippen LogP contribution in [0.4, 0.5) is 0 Å². The smallest absolute Gasteiger partial charge is 0.254 e. The number of carbonyl (C=O) groups is 2. The minimum Gasteiger partial charge on any atom is -0.352 e. The molecule has 0 atom stereocenters. The van der Waals surface area contributed by atoms with Crippen molar-refractivity contribution in [2.45, 2.75) is 13.0 Å². The van der Waals surface area contributed by atoms with Crippen molar-refractivity contribution in [1.82, 2.24) is 30.2 Å². The van der Waals surface area contributed by atoms with Gasteiger partial charge in [-0.15, -0.1) is 5.10 Å². The fourth-order valence-electron chi connectivity index (χ4n) is 2.67. The van der Waals surface area contributed by atoms with Crippen LogP contribution in [0.25, 0.3) is 11.3 Å². The van der Waals surface area contributed by atoms with Gasteiger partial charge in [0.25, 0.3) is 11.8 Å². The molecule has 0 fully saturated rings. The van der Waals surface area contributed by atoms with Gasteiger partial charge in [-0.3, -0.25) is 19.3 Å². The fourth-order valence-corrected chi connectivity index (χ4v) is 2.67. The Balaban J connectivity index is 1.61. The SMILES string of the molecule is CN(C)C(=O)c1ccc(-c2cccc(C(=O)NCCCn3ccnn3)c2)nc1. The van der Waals surface area contributed by atoms with E-state index in [1.807, 2.05) is 12.1 Å². The number of carbonyl (C=O) groups excluding carboxylic acids is 2. The van der Waals surface area contributed by atoms with Crippen LogP contribution >= 0.6 is 0 Å². The monoisotopic (exact) mass is 378 g/mol. The number of pyridine rings is 1. The van der Waals surface area contributed by atoms with Crippen molar-refractivity contribution in [3.05, 3.63) is 66.1 Å². The molecule has 0 aliphatic carbocycles. The maximum atomic E-state index is 12.4. The Hall–Kier alpha value is -3.55. The molecule has 0 saturated heterocycles. The van der Waals surface area contributed by atoms with Crippen molar-refractivity contribution in [2.75, 3.05) is 20.6 Å². The van der Waals surface area contributed by atoms with Crippen LogP contribution in [0.15, 0.2) is 55.0 Å². The molecule has 2 aromatic heterocycles. The largest absolute Gasteiger partial charge is 0.352 e. The number of rotatable bonds is 7. The van der Waals surface area contributed by atoms with Gasteiger partial charge in [0.15, 0.2) is 0 Å². The number of benzene rings is 1. The van der Waals surface area contributed by atoms with E-state index in [1.54, 1.807) is 61.6 Å². The molecule has 144 valence electrons. The number of nitrogens with one attached hydrogen (secondary N) is 1. The van der Waals surface area contributed by atoms with Crippen molar-refractivity contribution in [3.63, 3.8) is 0 Å². The Labute approximate surface area is 163 Å². The van der Waals surface area contributed by atoms with E-state index in [-0.39, 0.29) is 11.8 Å². The maximum Gasteiger partial charge on any atom is 0.254 e. The number of aryl methyl sites for hydroxylation is 1. The van der Waals surface area contributed by atoms with Gasteiger partial charge in [0.05, 0.1) is 17.5 Å².